The highest BCUT2D eigenvalue weighted by molar-refractivity contribution is 5.75. The van der Waals surface area contributed by atoms with Gasteiger partial charge in [-0.2, -0.15) is 5.10 Å². The number of carbonyl (C=O) groups is 1. The molecule has 1 heterocycles. The maximum Gasteiger partial charge on any atom is 0.241 e. The Morgan fingerprint density at radius 2 is 2.20 bits per heavy atom. The fourth-order valence-corrected chi connectivity index (χ4v) is 2.16. The minimum absolute atomic E-state index is 0.0330. The van der Waals surface area contributed by atoms with Gasteiger partial charge in [0.15, 0.2) is 0 Å². The predicted molar refractivity (Wildman–Crippen MR) is 76.4 cm³/mol. The van der Waals surface area contributed by atoms with Gasteiger partial charge < -0.3 is 15.4 Å². The molecule has 0 aromatic carbocycles. The van der Waals surface area contributed by atoms with Crippen LogP contribution in [0.3, 0.4) is 0 Å². The van der Waals surface area contributed by atoms with Crippen LogP contribution in [0, 0.1) is 13.8 Å². The molecular weight excluding hydrogens is 256 g/mol. The van der Waals surface area contributed by atoms with E-state index in [0.717, 1.165) is 17.9 Å². The van der Waals surface area contributed by atoms with Gasteiger partial charge in [-0.15, -0.1) is 0 Å². The standard InChI is InChI=1S/C14H24N4O2/c1-10-13(8-16-12-4-5-12)11(2)18(17-10)9-14(19)15-6-7-20-3/h12,16H,4-9H2,1-3H3,(H,15,19). The zero-order valence-corrected chi connectivity index (χ0v) is 12.5. The third-order valence-corrected chi connectivity index (χ3v) is 3.60. The predicted octanol–water partition coefficient (Wildman–Crippen LogP) is 0.515. The SMILES string of the molecule is COCCNC(=O)Cn1nc(C)c(CNC2CC2)c1C. The molecule has 1 aromatic heterocycles. The van der Waals surface area contributed by atoms with Crippen LogP contribution in [0.1, 0.15) is 29.8 Å². The topological polar surface area (TPSA) is 68.2 Å². The summed E-state index contributed by atoms with van der Waals surface area (Å²) in [4.78, 5) is 11.8. The first-order valence-electron chi connectivity index (χ1n) is 7.13. The van der Waals surface area contributed by atoms with Crippen molar-refractivity contribution in [1.29, 1.82) is 0 Å². The van der Waals surface area contributed by atoms with Crippen molar-refractivity contribution in [3.8, 4) is 0 Å². The lowest BCUT2D eigenvalue weighted by Crippen LogP contribution is -2.31. The van der Waals surface area contributed by atoms with E-state index in [1.54, 1.807) is 11.8 Å². The van der Waals surface area contributed by atoms with Gasteiger partial charge in [-0.25, -0.2) is 0 Å². The Kier molecular flexibility index (Phi) is 5.14. The maximum atomic E-state index is 11.8. The average molecular weight is 280 g/mol. The largest absolute Gasteiger partial charge is 0.383 e. The first kappa shape index (κ1) is 15.0. The van der Waals surface area contributed by atoms with E-state index in [2.05, 4.69) is 15.7 Å². The number of rotatable bonds is 8. The number of carbonyl (C=O) groups excluding carboxylic acids is 1. The zero-order valence-electron chi connectivity index (χ0n) is 12.5. The lowest BCUT2D eigenvalue weighted by atomic mass is 10.2. The Hall–Kier alpha value is -1.40. The molecule has 0 saturated heterocycles. The maximum absolute atomic E-state index is 11.8. The van der Waals surface area contributed by atoms with Gasteiger partial charge in [0.2, 0.25) is 5.91 Å². The monoisotopic (exact) mass is 280 g/mol. The molecule has 1 saturated carbocycles. The number of nitrogens with zero attached hydrogens (tertiary/aromatic N) is 2. The Morgan fingerprint density at radius 3 is 2.85 bits per heavy atom. The van der Waals surface area contributed by atoms with Gasteiger partial charge >= 0.3 is 0 Å². The molecule has 0 aliphatic heterocycles. The molecule has 0 spiro atoms. The smallest absolute Gasteiger partial charge is 0.241 e. The van der Waals surface area contributed by atoms with E-state index in [1.165, 1.54) is 18.4 Å². The molecule has 0 unspecified atom stereocenters. The van der Waals surface area contributed by atoms with Crippen molar-refractivity contribution in [2.24, 2.45) is 0 Å². The van der Waals surface area contributed by atoms with Crippen molar-refractivity contribution < 1.29 is 9.53 Å². The van der Waals surface area contributed by atoms with Crippen molar-refractivity contribution in [1.82, 2.24) is 20.4 Å². The number of aromatic nitrogens is 2. The molecule has 1 fully saturated rings. The van der Waals surface area contributed by atoms with E-state index >= 15 is 0 Å². The van der Waals surface area contributed by atoms with Gasteiger partial charge in [0.25, 0.3) is 0 Å². The molecule has 0 bridgehead atoms. The van der Waals surface area contributed by atoms with Gasteiger partial charge in [0, 0.05) is 37.5 Å². The average Bonchev–Trinajstić information content (AvgIpc) is 3.18. The summed E-state index contributed by atoms with van der Waals surface area (Å²) in [5.41, 5.74) is 3.28. The minimum atomic E-state index is -0.0330. The van der Waals surface area contributed by atoms with Crippen molar-refractivity contribution in [2.45, 2.75) is 45.8 Å². The van der Waals surface area contributed by atoms with Crippen molar-refractivity contribution in [2.75, 3.05) is 20.3 Å². The molecule has 0 atom stereocenters. The van der Waals surface area contributed by atoms with Crippen molar-refractivity contribution in [3.05, 3.63) is 17.0 Å². The highest BCUT2D eigenvalue weighted by Crippen LogP contribution is 2.20. The first-order valence-corrected chi connectivity index (χ1v) is 7.13. The summed E-state index contributed by atoms with van der Waals surface area (Å²) in [6.07, 6.45) is 2.54. The van der Waals surface area contributed by atoms with E-state index in [0.29, 0.717) is 19.2 Å². The number of methoxy groups -OCH3 is 1. The third kappa shape index (κ3) is 4.05. The summed E-state index contributed by atoms with van der Waals surface area (Å²) < 4.78 is 6.68. The molecule has 1 aromatic rings. The number of hydrogen-bond donors (Lipinski definition) is 2. The Balaban J connectivity index is 1.90. The fraction of sp³-hybridized carbons (Fsp3) is 0.714. The summed E-state index contributed by atoms with van der Waals surface area (Å²) in [5.74, 6) is -0.0330. The van der Waals surface area contributed by atoms with Gasteiger partial charge in [0.05, 0.1) is 12.3 Å². The summed E-state index contributed by atoms with van der Waals surface area (Å²) in [6.45, 7) is 6.18. The van der Waals surface area contributed by atoms with E-state index in [4.69, 9.17) is 4.74 Å². The number of nitrogens with one attached hydrogen (secondary N) is 2. The summed E-state index contributed by atoms with van der Waals surface area (Å²) >= 11 is 0. The van der Waals surface area contributed by atoms with E-state index < -0.39 is 0 Å². The van der Waals surface area contributed by atoms with Gasteiger partial charge in [-0.1, -0.05) is 0 Å². The van der Waals surface area contributed by atoms with Crippen LogP contribution in [-0.2, 0) is 22.6 Å². The van der Waals surface area contributed by atoms with Crippen LogP contribution in [0.25, 0.3) is 0 Å². The minimum Gasteiger partial charge on any atom is -0.383 e. The quantitative estimate of drug-likeness (QED) is 0.681. The highest BCUT2D eigenvalue weighted by atomic mass is 16.5. The molecule has 1 aliphatic carbocycles. The van der Waals surface area contributed by atoms with Crippen LogP contribution in [0.5, 0.6) is 0 Å². The third-order valence-electron chi connectivity index (χ3n) is 3.60. The normalized spacial score (nSPS) is 14.6. The molecule has 0 radical (unpaired) electrons. The summed E-state index contributed by atoms with van der Waals surface area (Å²) in [5, 5.41) is 10.8. The van der Waals surface area contributed by atoms with Crippen LogP contribution in [0.15, 0.2) is 0 Å². The van der Waals surface area contributed by atoms with Gasteiger partial charge in [-0.05, 0) is 26.7 Å². The first-order chi connectivity index (χ1) is 9.61. The Labute approximate surface area is 119 Å². The highest BCUT2D eigenvalue weighted by Gasteiger charge is 2.22. The number of ether oxygens (including phenoxy) is 1. The van der Waals surface area contributed by atoms with Crippen LogP contribution in [0.4, 0.5) is 0 Å². The van der Waals surface area contributed by atoms with Crippen molar-refractivity contribution >= 4 is 5.91 Å². The number of aryl methyl sites for hydroxylation is 1. The second-order valence-corrected chi connectivity index (χ2v) is 5.30. The van der Waals surface area contributed by atoms with E-state index in [9.17, 15) is 4.79 Å². The Morgan fingerprint density at radius 1 is 1.45 bits per heavy atom. The van der Waals surface area contributed by atoms with Crippen molar-refractivity contribution in [3.63, 3.8) is 0 Å². The number of amides is 1. The van der Waals surface area contributed by atoms with Crippen LogP contribution >= 0.6 is 0 Å². The fourth-order valence-electron chi connectivity index (χ4n) is 2.16. The molecular formula is C14H24N4O2. The van der Waals surface area contributed by atoms with Gasteiger partial charge in [0.1, 0.15) is 6.54 Å². The number of hydrogen-bond acceptors (Lipinski definition) is 4. The lowest BCUT2D eigenvalue weighted by Gasteiger charge is -2.07. The van der Waals surface area contributed by atoms with E-state index in [1.807, 2.05) is 13.8 Å². The Bertz CT molecular complexity index is 466. The lowest BCUT2D eigenvalue weighted by molar-refractivity contribution is -0.122. The van der Waals surface area contributed by atoms with Gasteiger partial charge in [-0.3, -0.25) is 9.48 Å². The molecule has 20 heavy (non-hydrogen) atoms. The molecule has 1 aliphatic rings. The molecule has 112 valence electrons. The van der Waals surface area contributed by atoms with E-state index in [-0.39, 0.29) is 12.5 Å². The molecule has 2 N–H and O–H groups in total. The molecule has 6 nitrogen and oxygen atoms in total. The van der Waals surface area contributed by atoms with Crippen LogP contribution in [0.2, 0.25) is 0 Å². The molecule has 6 heteroatoms. The second kappa shape index (κ2) is 6.85. The second-order valence-electron chi connectivity index (χ2n) is 5.30. The van der Waals surface area contributed by atoms with Crippen LogP contribution < -0.4 is 10.6 Å². The summed E-state index contributed by atoms with van der Waals surface area (Å²) in [6, 6.07) is 0.675. The zero-order chi connectivity index (χ0) is 14.5. The van der Waals surface area contributed by atoms with Crippen LogP contribution in [-0.4, -0.2) is 42.0 Å². The summed E-state index contributed by atoms with van der Waals surface area (Å²) in [7, 11) is 1.62. The molecule has 1 amide bonds. The molecule has 2 rings (SSSR count).